The lowest BCUT2D eigenvalue weighted by molar-refractivity contribution is -0.118. The van der Waals surface area contributed by atoms with Crippen LogP contribution in [0.15, 0.2) is 64.2 Å². The molecule has 2 aromatic carbocycles. The number of fused-ring (bicyclic) bond motifs is 6. The number of anilines is 3. The summed E-state index contributed by atoms with van der Waals surface area (Å²) in [5.41, 5.74) is 0.941. The maximum Gasteiger partial charge on any atom is 0.332 e. The molecule has 0 saturated carbocycles. The van der Waals surface area contributed by atoms with Gasteiger partial charge in [0.1, 0.15) is 11.2 Å². The van der Waals surface area contributed by atoms with Crippen molar-refractivity contribution in [2.24, 2.45) is 14.1 Å². The fourth-order valence-electron chi connectivity index (χ4n) is 4.93. The molecule has 4 heterocycles. The van der Waals surface area contributed by atoms with Crippen LogP contribution in [0.25, 0.3) is 11.3 Å². The van der Waals surface area contributed by atoms with Gasteiger partial charge in [-0.05, 0) is 11.6 Å². The molecule has 1 amide bonds. The van der Waals surface area contributed by atoms with E-state index in [2.05, 4.69) is 20.8 Å². The number of aromatic amines is 1. The van der Waals surface area contributed by atoms with Gasteiger partial charge in [0.25, 0.3) is 5.56 Å². The van der Waals surface area contributed by atoms with E-state index in [0.29, 0.717) is 28.3 Å². The van der Waals surface area contributed by atoms with Crippen LogP contribution in [0.1, 0.15) is 16.7 Å². The molecular weight excluding hydrogens is 408 g/mol. The average molecular weight is 426 g/mol. The third-order valence-electron chi connectivity index (χ3n) is 6.40. The Balaban J connectivity index is 1.84. The van der Waals surface area contributed by atoms with Crippen molar-refractivity contribution >= 4 is 23.2 Å². The third-order valence-corrected chi connectivity index (χ3v) is 6.40. The normalized spacial score (nSPS) is 18.0. The number of amides is 1. The van der Waals surface area contributed by atoms with E-state index in [4.69, 9.17) is 0 Å². The lowest BCUT2D eigenvalue weighted by atomic mass is 9.68. The highest BCUT2D eigenvalue weighted by Gasteiger charge is 2.58. The van der Waals surface area contributed by atoms with E-state index in [1.807, 2.05) is 48.5 Å². The lowest BCUT2D eigenvalue weighted by Gasteiger charge is -2.35. The monoisotopic (exact) mass is 426 g/mol. The minimum atomic E-state index is -1.48. The first kappa shape index (κ1) is 18.4. The maximum absolute atomic E-state index is 13.9. The number of hydrogen-bond acceptors (Lipinski definition) is 5. The Hall–Kier alpha value is -4.40. The van der Waals surface area contributed by atoms with E-state index >= 15 is 0 Å². The number of hydrogen-bond donors (Lipinski definition) is 3. The summed E-state index contributed by atoms with van der Waals surface area (Å²) in [6, 6.07) is 16.8. The molecule has 32 heavy (non-hydrogen) atoms. The second-order valence-electron chi connectivity index (χ2n) is 7.99. The van der Waals surface area contributed by atoms with E-state index in [1.54, 1.807) is 13.1 Å². The summed E-state index contributed by atoms with van der Waals surface area (Å²) in [7, 11) is 2.98. The molecule has 4 aromatic rings. The van der Waals surface area contributed by atoms with Gasteiger partial charge in [0.2, 0.25) is 5.91 Å². The van der Waals surface area contributed by atoms with Crippen molar-refractivity contribution in [3.8, 4) is 11.3 Å². The zero-order valence-electron chi connectivity index (χ0n) is 17.3. The highest BCUT2D eigenvalue weighted by atomic mass is 16.2. The predicted octanol–water partition coefficient (Wildman–Crippen LogP) is 1.82. The van der Waals surface area contributed by atoms with Crippen molar-refractivity contribution in [1.82, 2.24) is 19.3 Å². The second-order valence-corrected chi connectivity index (χ2v) is 7.99. The molecule has 6 rings (SSSR count). The molecule has 0 saturated heterocycles. The molecule has 2 aliphatic heterocycles. The van der Waals surface area contributed by atoms with Gasteiger partial charge in [0.15, 0.2) is 5.82 Å². The molecule has 0 radical (unpaired) electrons. The molecule has 1 unspecified atom stereocenters. The van der Waals surface area contributed by atoms with Crippen LogP contribution in [-0.2, 0) is 24.3 Å². The van der Waals surface area contributed by atoms with Crippen LogP contribution in [0.5, 0.6) is 0 Å². The summed E-state index contributed by atoms with van der Waals surface area (Å²) in [4.78, 5) is 40.1. The number of rotatable bonds is 1. The molecule has 0 aliphatic carbocycles. The van der Waals surface area contributed by atoms with Gasteiger partial charge in [-0.15, -0.1) is 0 Å². The van der Waals surface area contributed by atoms with E-state index in [0.717, 1.165) is 10.1 Å². The Bertz CT molecular complexity index is 1560. The van der Waals surface area contributed by atoms with Crippen LogP contribution in [0.3, 0.4) is 0 Å². The number of benzene rings is 2. The van der Waals surface area contributed by atoms with Gasteiger partial charge in [-0.1, -0.05) is 48.5 Å². The first-order chi connectivity index (χ1) is 15.5. The minimum absolute atomic E-state index is 0.190. The van der Waals surface area contributed by atoms with Gasteiger partial charge < -0.3 is 10.6 Å². The van der Waals surface area contributed by atoms with Crippen LogP contribution >= 0.6 is 0 Å². The number of carbonyl (C=O) groups excluding carboxylic acids is 1. The Morgan fingerprint density at radius 2 is 1.56 bits per heavy atom. The summed E-state index contributed by atoms with van der Waals surface area (Å²) in [6.45, 7) is 0. The fraction of sp³-hybridized carbons (Fsp3) is 0.130. The summed E-state index contributed by atoms with van der Waals surface area (Å²) >= 11 is 0. The van der Waals surface area contributed by atoms with E-state index in [1.165, 1.54) is 11.6 Å². The molecule has 0 bridgehead atoms. The number of H-pyrrole nitrogens is 1. The second kappa shape index (κ2) is 6.07. The Morgan fingerprint density at radius 1 is 0.844 bits per heavy atom. The molecule has 2 aromatic heterocycles. The number of para-hydroxylation sites is 1. The van der Waals surface area contributed by atoms with Crippen molar-refractivity contribution in [2.45, 2.75) is 5.41 Å². The van der Waals surface area contributed by atoms with E-state index < -0.39 is 16.7 Å². The molecule has 158 valence electrons. The molecule has 0 fully saturated rings. The SMILES string of the molecule is Cn1c2c(c(=O)n(C)c1=O)C1(C(=O)Nc3ccccc31)c1c(n[nH]c1-c1ccccc1)N2. The topological polar surface area (TPSA) is 114 Å². The Morgan fingerprint density at radius 3 is 2.34 bits per heavy atom. The van der Waals surface area contributed by atoms with Crippen LogP contribution in [0.4, 0.5) is 17.3 Å². The van der Waals surface area contributed by atoms with Crippen molar-refractivity contribution in [3.05, 3.63) is 92.1 Å². The number of carbonyl (C=O) groups is 1. The van der Waals surface area contributed by atoms with Gasteiger partial charge in [0, 0.05) is 30.9 Å². The first-order valence-electron chi connectivity index (χ1n) is 10.1. The smallest absolute Gasteiger partial charge is 0.324 e. The van der Waals surface area contributed by atoms with Gasteiger partial charge in [-0.2, -0.15) is 5.10 Å². The predicted molar refractivity (Wildman–Crippen MR) is 119 cm³/mol. The summed E-state index contributed by atoms with van der Waals surface area (Å²) < 4.78 is 2.37. The Labute approximate surface area is 181 Å². The van der Waals surface area contributed by atoms with Crippen LogP contribution in [-0.4, -0.2) is 25.2 Å². The first-order valence-corrected chi connectivity index (χ1v) is 10.1. The molecule has 9 heteroatoms. The highest BCUT2D eigenvalue weighted by molar-refractivity contribution is 6.14. The lowest BCUT2D eigenvalue weighted by Crippen LogP contribution is -2.50. The maximum atomic E-state index is 13.9. The fourth-order valence-corrected chi connectivity index (χ4v) is 4.93. The molecule has 3 N–H and O–H groups in total. The number of nitrogens with one attached hydrogen (secondary N) is 3. The van der Waals surface area contributed by atoms with Gasteiger partial charge in [-0.25, -0.2) is 4.79 Å². The summed E-state index contributed by atoms with van der Waals surface area (Å²) in [5.74, 6) is 0.284. The standard InChI is InChI=1S/C23H18N6O3/c1-28-19-16(20(30)29(2)22(28)32)23(13-10-6-7-11-14(13)24-21(23)31)15-17(26-27-18(15)25-19)12-8-4-3-5-9-12/h3-11H,1-2H3,(H,24,31)(H2,25,26,27). The van der Waals surface area contributed by atoms with Crippen LogP contribution in [0.2, 0.25) is 0 Å². The zero-order chi connectivity index (χ0) is 22.2. The number of aromatic nitrogens is 4. The average Bonchev–Trinajstić information content (AvgIpc) is 3.36. The van der Waals surface area contributed by atoms with Gasteiger partial charge in [-0.3, -0.25) is 23.8 Å². The number of nitrogens with zero attached hydrogens (tertiary/aromatic N) is 3. The minimum Gasteiger partial charge on any atom is -0.324 e. The molecular formula is C23H18N6O3. The largest absolute Gasteiger partial charge is 0.332 e. The van der Waals surface area contributed by atoms with Gasteiger partial charge >= 0.3 is 5.69 Å². The quantitative estimate of drug-likeness (QED) is 0.430. The van der Waals surface area contributed by atoms with E-state index in [9.17, 15) is 14.4 Å². The molecule has 1 spiro atoms. The van der Waals surface area contributed by atoms with E-state index in [-0.39, 0.29) is 17.3 Å². The van der Waals surface area contributed by atoms with Crippen molar-refractivity contribution in [1.29, 1.82) is 0 Å². The highest BCUT2D eigenvalue weighted by Crippen LogP contribution is 2.55. The molecule has 9 nitrogen and oxygen atoms in total. The molecule has 1 atom stereocenters. The van der Waals surface area contributed by atoms with Crippen LogP contribution < -0.4 is 21.9 Å². The van der Waals surface area contributed by atoms with Gasteiger partial charge in [0.05, 0.1) is 11.3 Å². The Kier molecular flexibility index (Phi) is 3.48. The van der Waals surface area contributed by atoms with Crippen molar-refractivity contribution in [2.75, 3.05) is 10.6 Å². The molecule has 2 aliphatic rings. The van der Waals surface area contributed by atoms with Crippen molar-refractivity contribution in [3.63, 3.8) is 0 Å². The third kappa shape index (κ3) is 2.02. The summed E-state index contributed by atoms with van der Waals surface area (Å²) in [5, 5.41) is 13.6. The zero-order valence-corrected chi connectivity index (χ0v) is 17.3. The summed E-state index contributed by atoms with van der Waals surface area (Å²) in [6.07, 6.45) is 0. The van der Waals surface area contributed by atoms with Crippen molar-refractivity contribution < 1.29 is 4.79 Å². The van der Waals surface area contributed by atoms with Crippen LogP contribution in [0, 0.1) is 0 Å².